The van der Waals surface area contributed by atoms with E-state index in [1.165, 1.54) is 25.7 Å². The molecule has 0 aliphatic carbocycles. The molecule has 0 rings (SSSR count). The molecule has 0 aliphatic heterocycles. The molecule has 158 valence electrons. The van der Waals surface area contributed by atoms with E-state index in [-0.39, 0.29) is 37.1 Å². The van der Waals surface area contributed by atoms with Crippen LogP contribution in [0, 0.1) is 0 Å². The minimum Gasteiger partial charge on any atom is -1.00 e. The van der Waals surface area contributed by atoms with E-state index in [4.69, 9.17) is 22.6 Å². The first-order chi connectivity index (χ1) is 12.2. The Morgan fingerprint density at radius 3 is 2.04 bits per heavy atom. The number of aliphatic hydroxyl groups excluding tert-OH is 1. The van der Waals surface area contributed by atoms with Crippen molar-refractivity contribution in [3.63, 3.8) is 0 Å². The molecule has 0 heterocycles. The summed E-state index contributed by atoms with van der Waals surface area (Å²) < 4.78 is 31.6. The fourth-order valence-electron chi connectivity index (χ4n) is 2.36. The molecule has 0 unspecified atom stereocenters. The van der Waals surface area contributed by atoms with Crippen LogP contribution in [0.4, 0.5) is 0 Å². The van der Waals surface area contributed by atoms with Gasteiger partial charge in [0.2, 0.25) is 0 Å². The Morgan fingerprint density at radius 2 is 1.48 bits per heavy atom. The van der Waals surface area contributed by atoms with Crippen LogP contribution in [-0.2, 0) is 15.2 Å². The van der Waals surface area contributed by atoms with E-state index in [1.807, 2.05) is 0 Å². The monoisotopic (exact) mass is 420 g/mol. The first-order valence-electron chi connectivity index (χ1n) is 9.41. The molecule has 9 heteroatoms. The third-order valence-electron chi connectivity index (χ3n) is 3.73. The van der Waals surface area contributed by atoms with Gasteiger partial charge in [-0.15, -0.1) is 0 Å². The Kier molecular flexibility index (Phi) is 26.2. The van der Waals surface area contributed by atoms with Crippen LogP contribution in [0.5, 0.6) is 0 Å². The van der Waals surface area contributed by atoms with Crippen LogP contribution < -0.4 is 29.6 Å². The summed E-state index contributed by atoms with van der Waals surface area (Å²) in [6.07, 6.45) is 17.4. The fraction of sp³-hybridized carbons (Fsp3) is 0.833. The summed E-state index contributed by atoms with van der Waals surface area (Å²) in [6.45, 7) is 2.20. The van der Waals surface area contributed by atoms with Gasteiger partial charge in [-0.2, -0.15) is 8.42 Å². The first kappa shape index (κ1) is 31.7. The van der Waals surface area contributed by atoms with Crippen molar-refractivity contribution in [3.05, 3.63) is 12.2 Å². The molecular formula is C18H37NaO7S. The van der Waals surface area contributed by atoms with Crippen LogP contribution >= 0.6 is 0 Å². The van der Waals surface area contributed by atoms with Crippen LogP contribution in [0.15, 0.2) is 12.2 Å². The van der Waals surface area contributed by atoms with Crippen molar-refractivity contribution < 1.29 is 63.5 Å². The van der Waals surface area contributed by atoms with E-state index in [0.717, 1.165) is 51.4 Å². The van der Waals surface area contributed by atoms with Crippen molar-refractivity contribution in [1.29, 1.82) is 0 Å². The molecule has 0 radical (unpaired) electrons. The number of hydrogen-bond donors (Lipinski definition) is 4. The summed E-state index contributed by atoms with van der Waals surface area (Å²) in [5.41, 5.74) is 0. The van der Waals surface area contributed by atoms with Crippen molar-refractivity contribution in [2.45, 2.75) is 96.5 Å². The van der Waals surface area contributed by atoms with Gasteiger partial charge in [0.15, 0.2) is 0 Å². The van der Waals surface area contributed by atoms with Gasteiger partial charge in [0.1, 0.15) is 0 Å². The molecule has 0 aromatic carbocycles. The van der Waals surface area contributed by atoms with Crippen molar-refractivity contribution in [1.82, 2.24) is 0 Å². The number of carboxylic acid groups (broad SMARTS) is 1. The van der Waals surface area contributed by atoms with Gasteiger partial charge in [-0.1, -0.05) is 64.0 Å². The summed E-state index contributed by atoms with van der Waals surface area (Å²) in [6, 6.07) is 0. The van der Waals surface area contributed by atoms with E-state index in [9.17, 15) is 9.90 Å². The second-order valence-electron chi connectivity index (χ2n) is 6.36. The molecule has 0 amide bonds. The summed E-state index contributed by atoms with van der Waals surface area (Å²) in [5, 5.41) is 18.3. The van der Waals surface area contributed by atoms with Gasteiger partial charge in [0.05, 0.1) is 6.10 Å². The van der Waals surface area contributed by atoms with Crippen molar-refractivity contribution in [2.75, 3.05) is 0 Å². The molecule has 0 saturated carbocycles. The van der Waals surface area contributed by atoms with Crippen molar-refractivity contribution >= 4 is 16.4 Å². The largest absolute Gasteiger partial charge is 1.00 e. The SMILES string of the molecule is CCCCCC[C@@H](O)C/C=C\CCCCCCCC(=O)O.O=S(=O)(O)O.[H-].[Na+]. The average molecular weight is 421 g/mol. The molecule has 0 saturated heterocycles. The van der Waals surface area contributed by atoms with E-state index >= 15 is 0 Å². The molecule has 1 atom stereocenters. The molecule has 0 aromatic heterocycles. The summed E-state index contributed by atoms with van der Waals surface area (Å²) in [4.78, 5) is 10.3. The molecule has 0 aromatic rings. The number of aliphatic hydroxyl groups is 1. The minimum atomic E-state index is -4.67. The number of unbranched alkanes of at least 4 members (excludes halogenated alkanes) is 8. The summed E-state index contributed by atoms with van der Waals surface area (Å²) in [7, 11) is -4.67. The van der Waals surface area contributed by atoms with Gasteiger partial charge in [-0.25, -0.2) is 0 Å². The third kappa shape index (κ3) is 41.5. The van der Waals surface area contributed by atoms with Gasteiger partial charge in [0.25, 0.3) is 0 Å². The third-order valence-corrected chi connectivity index (χ3v) is 3.73. The molecular weight excluding hydrogens is 383 g/mol. The predicted molar refractivity (Wildman–Crippen MR) is 104 cm³/mol. The number of carboxylic acids is 1. The average Bonchev–Trinajstić information content (AvgIpc) is 2.51. The molecule has 7 nitrogen and oxygen atoms in total. The quantitative estimate of drug-likeness (QED) is 0.137. The number of hydrogen-bond acceptors (Lipinski definition) is 4. The number of rotatable bonds is 15. The van der Waals surface area contributed by atoms with Crippen LogP contribution in [0.3, 0.4) is 0 Å². The van der Waals surface area contributed by atoms with Crippen molar-refractivity contribution in [3.8, 4) is 0 Å². The topological polar surface area (TPSA) is 132 Å². The molecule has 0 bridgehead atoms. The Labute approximate surface area is 188 Å². The van der Waals surface area contributed by atoms with Crippen LogP contribution in [0.2, 0.25) is 0 Å². The maximum absolute atomic E-state index is 10.3. The van der Waals surface area contributed by atoms with E-state index in [1.54, 1.807) is 0 Å². The first-order valence-corrected chi connectivity index (χ1v) is 10.8. The maximum Gasteiger partial charge on any atom is 1.00 e. The van der Waals surface area contributed by atoms with E-state index < -0.39 is 16.4 Å². The van der Waals surface area contributed by atoms with Crippen molar-refractivity contribution in [2.24, 2.45) is 0 Å². The zero-order valence-electron chi connectivity index (χ0n) is 17.8. The molecule has 0 fully saturated rings. The molecule has 27 heavy (non-hydrogen) atoms. The summed E-state index contributed by atoms with van der Waals surface area (Å²) >= 11 is 0. The number of allylic oxidation sites excluding steroid dienone is 1. The smallest absolute Gasteiger partial charge is 1.00 e. The van der Waals surface area contributed by atoms with Crippen LogP contribution in [-0.4, -0.2) is 39.8 Å². The van der Waals surface area contributed by atoms with Gasteiger partial charge >= 0.3 is 45.9 Å². The number of aliphatic carboxylic acids is 1. The Balaban J connectivity index is -0.000000364. The Bertz CT molecular complexity index is 451. The normalized spacial score (nSPS) is 12.1. The predicted octanol–water partition coefficient (Wildman–Crippen LogP) is 1.54. The summed E-state index contributed by atoms with van der Waals surface area (Å²) in [5.74, 6) is -0.689. The van der Waals surface area contributed by atoms with Gasteiger partial charge in [0, 0.05) is 6.42 Å². The van der Waals surface area contributed by atoms with Gasteiger partial charge < -0.3 is 11.6 Å². The molecule has 0 aliphatic rings. The van der Waals surface area contributed by atoms with Gasteiger partial charge in [-0.05, 0) is 32.1 Å². The zero-order valence-corrected chi connectivity index (χ0v) is 19.7. The van der Waals surface area contributed by atoms with Crippen LogP contribution in [0.25, 0.3) is 0 Å². The van der Waals surface area contributed by atoms with Crippen LogP contribution in [0.1, 0.15) is 91.8 Å². The Morgan fingerprint density at radius 1 is 0.963 bits per heavy atom. The Hall–Kier alpha value is 0.0400. The standard InChI is InChI=1S/C18H34O3.Na.H2O4S.H/c1-2-3-4-11-14-17(19)15-12-9-7-5-6-8-10-13-16-18(20)21;;1-5(2,3)4;/h9,12,17,19H,2-8,10-11,13-16H2,1H3,(H,20,21);;(H2,1,2,3,4);/q;+1;;-1/b12-9-;;;/t17-;;;/m1.../s1. The molecule has 0 spiro atoms. The van der Waals surface area contributed by atoms with Gasteiger partial charge in [-0.3, -0.25) is 13.9 Å². The second-order valence-corrected chi connectivity index (χ2v) is 7.25. The minimum absolute atomic E-state index is 0. The fourth-order valence-corrected chi connectivity index (χ4v) is 2.36. The number of carbonyl (C=O) groups is 1. The molecule has 4 N–H and O–H groups in total. The van der Waals surface area contributed by atoms with E-state index in [2.05, 4.69) is 19.1 Å². The second kappa shape index (κ2) is 22.3. The van der Waals surface area contributed by atoms with E-state index in [0.29, 0.717) is 6.42 Å². The zero-order chi connectivity index (χ0) is 20.3. The maximum atomic E-state index is 10.3.